The van der Waals surface area contributed by atoms with E-state index < -0.39 is 11.6 Å². The topological polar surface area (TPSA) is 38.3 Å². The van der Waals surface area contributed by atoms with Crippen LogP contribution in [0.3, 0.4) is 0 Å². The summed E-state index contributed by atoms with van der Waals surface area (Å²) in [7, 11) is 0. The van der Waals surface area contributed by atoms with Crippen LogP contribution in [0.1, 0.15) is 20.3 Å². The second-order valence-electron chi connectivity index (χ2n) is 3.32. The van der Waals surface area contributed by atoms with E-state index in [1.54, 1.807) is 6.92 Å². The molecule has 0 radical (unpaired) electrons. The Bertz CT molecular complexity index is 198. The van der Waals surface area contributed by atoms with Crippen molar-refractivity contribution in [2.45, 2.75) is 25.9 Å². The van der Waals surface area contributed by atoms with Crippen LogP contribution >= 0.6 is 0 Å². The number of nitrogens with one attached hydrogen (secondary N) is 1. The Morgan fingerprint density at radius 2 is 2.38 bits per heavy atom. The van der Waals surface area contributed by atoms with Crippen molar-refractivity contribution in [1.82, 2.24) is 5.32 Å². The number of rotatable bonds is 3. The zero-order chi connectivity index (χ0) is 9.90. The summed E-state index contributed by atoms with van der Waals surface area (Å²) in [6.45, 7) is 4.45. The predicted octanol–water partition coefficient (Wildman–Crippen LogP) is 0.887. The van der Waals surface area contributed by atoms with Gasteiger partial charge in [0.2, 0.25) is 5.67 Å². The highest BCUT2D eigenvalue weighted by molar-refractivity contribution is 5.80. The monoisotopic (exact) mass is 189 g/mol. The van der Waals surface area contributed by atoms with Crippen LogP contribution in [0.5, 0.6) is 0 Å². The Hall–Kier alpha value is -0.640. The number of halogens is 1. The van der Waals surface area contributed by atoms with Gasteiger partial charge in [0.1, 0.15) is 0 Å². The Morgan fingerprint density at radius 3 is 2.92 bits per heavy atom. The smallest absolute Gasteiger partial charge is 0.345 e. The van der Waals surface area contributed by atoms with E-state index in [-0.39, 0.29) is 19.1 Å². The van der Waals surface area contributed by atoms with Crippen molar-refractivity contribution in [2.24, 2.45) is 5.92 Å². The van der Waals surface area contributed by atoms with Gasteiger partial charge < -0.3 is 10.1 Å². The Kier molecular flexibility index (Phi) is 3.25. The van der Waals surface area contributed by atoms with Gasteiger partial charge in [-0.3, -0.25) is 0 Å². The number of hydrogen-bond acceptors (Lipinski definition) is 3. The minimum atomic E-state index is -1.80. The maximum Gasteiger partial charge on any atom is 0.345 e. The lowest BCUT2D eigenvalue weighted by Crippen LogP contribution is -2.42. The van der Waals surface area contributed by atoms with Crippen molar-refractivity contribution < 1.29 is 13.9 Å². The molecule has 1 saturated heterocycles. The van der Waals surface area contributed by atoms with E-state index in [1.807, 2.05) is 6.92 Å². The first kappa shape index (κ1) is 10.4. The third kappa shape index (κ3) is 1.82. The summed E-state index contributed by atoms with van der Waals surface area (Å²) in [5, 5.41) is 2.88. The van der Waals surface area contributed by atoms with Crippen LogP contribution < -0.4 is 5.32 Å². The fourth-order valence-electron chi connectivity index (χ4n) is 1.69. The molecule has 76 valence electrons. The van der Waals surface area contributed by atoms with Gasteiger partial charge in [0.25, 0.3) is 0 Å². The highest BCUT2D eigenvalue weighted by Crippen LogP contribution is 2.30. The van der Waals surface area contributed by atoms with Crippen LogP contribution in [-0.4, -0.2) is 31.3 Å². The first-order valence-corrected chi connectivity index (χ1v) is 4.72. The zero-order valence-corrected chi connectivity index (χ0v) is 8.10. The zero-order valence-electron chi connectivity index (χ0n) is 8.10. The van der Waals surface area contributed by atoms with Crippen molar-refractivity contribution in [2.75, 3.05) is 19.7 Å². The summed E-state index contributed by atoms with van der Waals surface area (Å²) >= 11 is 0. The minimum absolute atomic E-state index is 0.0876. The average molecular weight is 189 g/mol. The second-order valence-corrected chi connectivity index (χ2v) is 3.32. The highest BCUT2D eigenvalue weighted by Gasteiger charge is 2.50. The fraction of sp³-hybridized carbons (Fsp3) is 0.889. The number of carbonyl (C=O) groups excluding carboxylic acids is 1. The molecule has 0 aromatic heterocycles. The largest absolute Gasteiger partial charge is 0.464 e. The van der Waals surface area contributed by atoms with Crippen molar-refractivity contribution in [3.63, 3.8) is 0 Å². The van der Waals surface area contributed by atoms with Gasteiger partial charge in [-0.2, -0.15) is 0 Å². The molecule has 0 bridgehead atoms. The van der Waals surface area contributed by atoms with Crippen LogP contribution in [0, 0.1) is 5.92 Å². The van der Waals surface area contributed by atoms with Crippen molar-refractivity contribution >= 4 is 5.97 Å². The molecule has 0 spiro atoms. The lowest BCUT2D eigenvalue weighted by molar-refractivity contribution is -0.158. The maximum atomic E-state index is 14.0. The van der Waals surface area contributed by atoms with Crippen molar-refractivity contribution in [3.8, 4) is 0 Å². The molecule has 4 heteroatoms. The normalized spacial score (nSPS) is 33.3. The lowest BCUT2D eigenvalue weighted by atomic mass is 9.90. The molecule has 1 aliphatic heterocycles. The molecule has 0 unspecified atom stereocenters. The van der Waals surface area contributed by atoms with E-state index in [2.05, 4.69) is 5.32 Å². The minimum Gasteiger partial charge on any atom is -0.464 e. The van der Waals surface area contributed by atoms with Crippen molar-refractivity contribution in [1.29, 1.82) is 0 Å². The summed E-state index contributed by atoms with van der Waals surface area (Å²) in [5.74, 6) is -0.960. The van der Waals surface area contributed by atoms with Crippen LogP contribution in [-0.2, 0) is 9.53 Å². The third-order valence-corrected chi connectivity index (χ3v) is 2.53. The molecule has 0 aromatic rings. The lowest BCUT2D eigenvalue weighted by Gasteiger charge is -2.22. The van der Waals surface area contributed by atoms with Crippen LogP contribution in [0.4, 0.5) is 4.39 Å². The summed E-state index contributed by atoms with van der Waals surface area (Å²) in [6, 6.07) is 0. The van der Waals surface area contributed by atoms with E-state index in [0.29, 0.717) is 13.0 Å². The van der Waals surface area contributed by atoms with Gasteiger partial charge in [0.05, 0.1) is 6.61 Å². The Morgan fingerprint density at radius 1 is 1.69 bits per heavy atom. The number of carbonyl (C=O) groups is 1. The van der Waals surface area contributed by atoms with Gasteiger partial charge in [0, 0.05) is 19.0 Å². The molecule has 0 aliphatic carbocycles. The van der Waals surface area contributed by atoms with E-state index in [0.717, 1.165) is 0 Å². The van der Waals surface area contributed by atoms with Crippen LogP contribution in [0.2, 0.25) is 0 Å². The summed E-state index contributed by atoms with van der Waals surface area (Å²) in [6.07, 6.45) is 0.655. The standard InChI is InChI=1S/C9H16FNO2/c1-3-7-5-11-6-9(7,10)8(12)13-4-2/h7,11H,3-6H2,1-2H3/t7-,9-/m1/s1. The van der Waals surface area contributed by atoms with Gasteiger partial charge in [-0.1, -0.05) is 6.92 Å². The second kappa shape index (κ2) is 4.05. The summed E-state index contributed by atoms with van der Waals surface area (Å²) in [4.78, 5) is 11.3. The average Bonchev–Trinajstić information content (AvgIpc) is 2.48. The molecule has 0 aromatic carbocycles. The molecule has 0 saturated carbocycles. The quantitative estimate of drug-likeness (QED) is 0.670. The molecular weight excluding hydrogens is 173 g/mol. The molecule has 1 rings (SSSR count). The van der Waals surface area contributed by atoms with E-state index in [4.69, 9.17) is 4.74 Å². The van der Waals surface area contributed by atoms with Gasteiger partial charge in [-0.15, -0.1) is 0 Å². The fourth-order valence-corrected chi connectivity index (χ4v) is 1.69. The first-order chi connectivity index (χ1) is 6.15. The number of alkyl halides is 1. The van der Waals surface area contributed by atoms with Gasteiger partial charge in [0.15, 0.2) is 0 Å². The predicted molar refractivity (Wildman–Crippen MR) is 47.1 cm³/mol. The van der Waals surface area contributed by atoms with Gasteiger partial charge in [-0.05, 0) is 13.3 Å². The van der Waals surface area contributed by atoms with Crippen molar-refractivity contribution in [3.05, 3.63) is 0 Å². The maximum absolute atomic E-state index is 14.0. The molecule has 0 amide bonds. The summed E-state index contributed by atoms with van der Waals surface area (Å²) in [5.41, 5.74) is -1.80. The summed E-state index contributed by atoms with van der Waals surface area (Å²) < 4.78 is 18.7. The Labute approximate surface area is 77.6 Å². The highest BCUT2D eigenvalue weighted by atomic mass is 19.1. The molecule has 13 heavy (non-hydrogen) atoms. The Balaban J connectivity index is 2.67. The molecule has 1 N–H and O–H groups in total. The molecule has 1 aliphatic rings. The third-order valence-electron chi connectivity index (χ3n) is 2.53. The molecule has 2 atom stereocenters. The molecule has 1 heterocycles. The SMILES string of the molecule is CCOC(=O)[C@@]1(F)CNC[C@H]1CC. The van der Waals surface area contributed by atoms with E-state index in [1.165, 1.54) is 0 Å². The number of hydrogen-bond donors (Lipinski definition) is 1. The van der Waals surface area contributed by atoms with Crippen LogP contribution in [0.25, 0.3) is 0 Å². The number of esters is 1. The van der Waals surface area contributed by atoms with Crippen LogP contribution in [0.15, 0.2) is 0 Å². The molecular formula is C9H16FNO2. The molecule has 3 nitrogen and oxygen atoms in total. The van der Waals surface area contributed by atoms with E-state index in [9.17, 15) is 9.18 Å². The first-order valence-electron chi connectivity index (χ1n) is 4.72. The van der Waals surface area contributed by atoms with Gasteiger partial charge in [-0.25, -0.2) is 9.18 Å². The van der Waals surface area contributed by atoms with E-state index >= 15 is 0 Å². The van der Waals surface area contributed by atoms with Gasteiger partial charge >= 0.3 is 5.97 Å². The molecule has 1 fully saturated rings. The number of ether oxygens (including phenoxy) is 1.